The minimum Gasteiger partial charge on any atom is -0.495 e. The van der Waals surface area contributed by atoms with Gasteiger partial charge in [-0.2, -0.15) is 0 Å². The zero-order valence-electron chi connectivity index (χ0n) is 17.6. The highest BCUT2D eigenvalue weighted by molar-refractivity contribution is 7.99. The number of ether oxygens (including phenoxy) is 1. The molecular formula is C21H25ClN4O2S2. The number of thiophene rings is 1. The van der Waals surface area contributed by atoms with Crippen LogP contribution in [0.4, 0.5) is 5.69 Å². The van der Waals surface area contributed by atoms with Crippen molar-refractivity contribution in [3.8, 4) is 17.1 Å². The number of rotatable bonds is 8. The van der Waals surface area contributed by atoms with Gasteiger partial charge in [-0.25, -0.2) is 0 Å². The fraction of sp³-hybridized carbons (Fsp3) is 0.381. The van der Waals surface area contributed by atoms with Crippen LogP contribution >= 0.6 is 34.7 Å². The second-order valence-corrected chi connectivity index (χ2v) is 9.67. The number of amides is 1. The van der Waals surface area contributed by atoms with Crippen LogP contribution in [-0.2, 0) is 4.79 Å². The third-order valence-electron chi connectivity index (χ3n) is 4.40. The monoisotopic (exact) mass is 464 g/mol. The molecule has 3 aromatic rings. The van der Waals surface area contributed by atoms with Gasteiger partial charge in [0.25, 0.3) is 0 Å². The fourth-order valence-corrected chi connectivity index (χ4v) is 4.85. The molecule has 0 bridgehead atoms. The van der Waals surface area contributed by atoms with E-state index in [-0.39, 0.29) is 17.7 Å². The molecule has 0 aliphatic carbocycles. The summed E-state index contributed by atoms with van der Waals surface area (Å²) < 4.78 is 7.35. The van der Waals surface area contributed by atoms with Crippen LogP contribution in [0.25, 0.3) is 11.4 Å². The zero-order chi connectivity index (χ0) is 21.8. The van der Waals surface area contributed by atoms with E-state index in [0.29, 0.717) is 27.5 Å². The Morgan fingerprint density at radius 3 is 2.67 bits per heavy atom. The van der Waals surface area contributed by atoms with Gasteiger partial charge < -0.3 is 10.1 Å². The van der Waals surface area contributed by atoms with Crippen LogP contribution in [0.3, 0.4) is 0 Å². The number of carbonyl (C=O) groups is 1. The standard InChI is InChI=1S/C21H25ClN4O2S2/c1-12(2)18-8-14(10-29-18)20-24-25-21(26(20)13(3)4)30-11-19(27)23-16-9-15(22)6-7-17(16)28-5/h6-10,12-13H,11H2,1-5H3,(H,23,27). The Balaban J connectivity index is 1.75. The Kier molecular flexibility index (Phi) is 7.44. The first-order valence-electron chi connectivity index (χ1n) is 9.60. The Morgan fingerprint density at radius 2 is 2.03 bits per heavy atom. The summed E-state index contributed by atoms with van der Waals surface area (Å²) in [6, 6.07) is 7.44. The molecule has 0 spiro atoms. The normalized spacial score (nSPS) is 11.3. The van der Waals surface area contributed by atoms with E-state index >= 15 is 0 Å². The van der Waals surface area contributed by atoms with Gasteiger partial charge in [0.05, 0.1) is 18.6 Å². The third-order valence-corrected chi connectivity index (χ3v) is 6.81. The predicted molar refractivity (Wildman–Crippen MR) is 125 cm³/mol. The number of anilines is 1. The van der Waals surface area contributed by atoms with Crippen molar-refractivity contribution < 1.29 is 9.53 Å². The molecule has 1 amide bonds. The van der Waals surface area contributed by atoms with Crippen LogP contribution in [-0.4, -0.2) is 33.5 Å². The van der Waals surface area contributed by atoms with Gasteiger partial charge in [-0.15, -0.1) is 21.5 Å². The molecule has 9 heteroatoms. The van der Waals surface area contributed by atoms with E-state index in [1.807, 2.05) is 0 Å². The maximum atomic E-state index is 12.5. The summed E-state index contributed by atoms with van der Waals surface area (Å²) in [4.78, 5) is 13.8. The van der Waals surface area contributed by atoms with E-state index in [1.165, 1.54) is 16.6 Å². The van der Waals surface area contributed by atoms with Gasteiger partial charge in [0, 0.05) is 26.9 Å². The number of benzene rings is 1. The Bertz CT molecular complexity index is 1030. The minimum atomic E-state index is -0.168. The third kappa shape index (κ3) is 5.17. The van der Waals surface area contributed by atoms with Crippen molar-refractivity contribution in [3.05, 3.63) is 39.5 Å². The topological polar surface area (TPSA) is 69.0 Å². The summed E-state index contributed by atoms with van der Waals surface area (Å²) in [5, 5.41) is 15.0. The van der Waals surface area contributed by atoms with Gasteiger partial charge in [-0.3, -0.25) is 9.36 Å². The van der Waals surface area contributed by atoms with Crippen LogP contribution in [0.15, 0.2) is 34.8 Å². The average Bonchev–Trinajstić information content (AvgIpc) is 3.33. The summed E-state index contributed by atoms with van der Waals surface area (Å²) in [6.07, 6.45) is 0. The highest BCUT2D eigenvalue weighted by Gasteiger charge is 2.19. The summed E-state index contributed by atoms with van der Waals surface area (Å²) in [5.41, 5.74) is 1.60. The summed E-state index contributed by atoms with van der Waals surface area (Å²) in [7, 11) is 1.55. The van der Waals surface area contributed by atoms with Gasteiger partial charge in [-0.1, -0.05) is 37.2 Å². The lowest BCUT2D eigenvalue weighted by atomic mass is 10.1. The lowest BCUT2D eigenvalue weighted by Crippen LogP contribution is -2.15. The van der Waals surface area contributed by atoms with E-state index < -0.39 is 0 Å². The summed E-state index contributed by atoms with van der Waals surface area (Å²) in [5.74, 6) is 1.89. The number of aromatic nitrogens is 3. The second kappa shape index (κ2) is 9.85. The molecule has 0 saturated heterocycles. The number of methoxy groups -OCH3 is 1. The van der Waals surface area contributed by atoms with Crippen LogP contribution in [0.2, 0.25) is 5.02 Å². The number of hydrogen-bond acceptors (Lipinski definition) is 6. The minimum absolute atomic E-state index is 0.163. The molecule has 2 aromatic heterocycles. The molecule has 0 fully saturated rings. The fourth-order valence-electron chi connectivity index (χ4n) is 2.90. The Labute approximate surface area is 190 Å². The molecule has 0 radical (unpaired) electrons. The van der Waals surface area contributed by atoms with E-state index in [2.05, 4.69) is 59.2 Å². The van der Waals surface area contributed by atoms with Gasteiger partial charge >= 0.3 is 0 Å². The highest BCUT2D eigenvalue weighted by Crippen LogP contribution is 2.33. The van der Waals surface area contributed by atoms with E-state index in [1.54, 1.807) is 36.6 Å². The molecule has 0 unspecified atom stereocenters. The number of thioether (sulfide) groups is 1. The predicted octanol–water partition coefficient (Wildman–Crippen LogP) is 6.10. The van der Waals surface area contributed by atoms with Crippen molar-refractivity contribution in [1.29, 1.82) is 0 Å². The number of halogens is 1. The molecule has 160 valence electrons. The molecule has 3 rings (SSSR count). The van der Waals surface area contributed by atoms with Crippen molar-refractivity contribution >= 4 is 46.3 Å². The van der Waals surface area contributed by atoms with E-state index in [0.717, 1.165) is 11.4 Å². The lowest BCUT2D eigenvalue weighted by molar-refractivity contribution is -0.113. The molecule has 6 nitrogen and oxygen atoms in total. The van der Waals surface area contributed by atoms with Crippen LogP contribution in [0.1, 0.15) is 44.5 Å². The van der Waals surface area contributed by atoms with Crippen molar-refractivity contribution in [2.75, 3.05) is 18.2 Å². The van der Waals surface area contributed by atoms with Crippen LogP contribution < -0.4 is 10.1 Å². The smallest absolute Gasteiger partial charge is 0.234 e. The second-order valence-electron chi connectivity index (χ2n) is 7.34. The molecule has 0 atom stereocenters. The van der Waals surface area contributed by atoms with Gasteiger partial charge in [0.1, 0.15) is 5.75 Å². The van der Waals surface area contributed by atoms with Gasteiger partial charge in [0.2, 0.25) is 5.91 Å². The van der Waals surface area contributed by atoms with Crippen LogP contribution in [0.5, 0.6) is 5.75 Å². The van der Waals surface area contributed by atoms with Crippen molar-refractivity contribution in [2.45, 2.75) is 44.8 Å². The molecule has 30 heavy (non-hydrogen) atoms. The highest BCUT2D eigenvalue weighted by atomic mass is 35.5. The average molecular weight is 465 g/mol. The van der Waals surface area contributed by atoms with Crippen molar-refractivity contribution in [1.82, 2.24) is 14.8 Å². The summed E-state index contributed by atoms with van der Waals surface area (Å²) >= 11 is 9.12. The maximum absolute atomic E-state index is 12.5. The van der Waals surface area contributed by atoms with Crippen LogP contribution in [0, 0.1) is 0 Å². The van der Waals surface area contributed by atoms with E-state index in [9.17, 15) is 4.79 Å². The zero-order valence-corrected chi connectivity index (χ0v) is 20.0. The molecule has 0 saturated carbocycles. The first-order valence-corrected chi connectivity index (χ1v) is 11.8. The SMILES string of the molecule is COc1ccc(Cl)cc1NC(=O)CSc1nnc(-c2csc(C(C)C)c2)n1C(C)C. The number of nitrogens with zero attached hydrogens (tertiary/aromatic N) is 3. The lowest BCUT2D eigenvalue weighted by Gasteiger charge is -2.13. The number of nitrogens with one attached hydrogen (secondary N) is 1. The first kappa shape index (κ1) is 22.7. The van der Waals surface area contributed by atoms with Crippen molar-refractivity contribution in [2.24, 2.45) is 0 Å². The Hall–Kier alpha value is -2.03. The van der Waals surface area contributed by atoms with Crippen molar-refractivity contribution in [3.63, 3.8) is 0 Å². The molecule has 1 N–H and O–H groups in total. The van der Waals surface area contributed by atoms with Gasteiger partial charge in [0.15, 0.2) is 11.0 Å². The number of hydrogen-bond donors (Lipinski definition) is 1. The molecule has 0 aliphatic rings. The number of carbonyl (C=O) groups excluding carboxylic acids is 1. The maximum Gasteiger partial charge on any atom is 0.234 e. The quantitative estimate of drug-likeness (QED) is 0.407. The molecular weight excluding hydrogens is 440 g/mol. The summed E-state index contributed by atoms with van der Waals surface area (Å²) in [6.45, 7) is 8.53. The molecule has 0 aliphatic heterocycles. The molecule has 2 heterocycles. The molecule has 1 aromatic carbocycles. The Morgan fingerprint density at radius 1 is 1.27 bits per heavy atom. The van der Waals surface area contributed by atoms with Gasteiger partial charge in [-0.05, 0) is 44.0 Å². The largest absolute Gasteiger partial charge is 0.495 e. The first-order chi connectivity index (χ1) is 14.3. The van der Waals surface area contributed by atoms with E-state index in [4.69, 9.17) is 16.3 Å².